The van der Waals surface area contributed by atoms with Crippen LogP contribution in [-0.4, -0.2) is 33.9 Å². The van der Waals surface area contributed by atoms with E-state index in [2.05, 4.69) is 5.32 Å². The van der Waals surface area contributed by atoms with E-state index < -0.39 is 29.9 Å². The summed E-state index contributed by atoms with van der Waals surface area (Å²) in [6, 6.07) is 12.3. The highest BCUT2D eigenvalue weighted by atomic mass is 16.3. The molecule has 1 aliphatic rings. The average Bonchev–Trinajstić information content (AvgIpc) is 2.88. The zero-order chi connectivity index (χ0) is 18.0. The third-order valence-corrected chi connectivity index (χ3v) is 4.09. The van der Waals surface area contributed by atoms with E-state index in [9.17, 15) is 19.5 Å². The smallest absolute Gasteiger partial charge is 0.325 e. The standard InChI is InChI=1S/C18H17N3O4/c19-16(23)14(9-11-5-2-1-3-6-11)21-17(24)15(20-18(21)25)12-7-4-8-13(22)10-12/h1-8,10,14-15,22H,9H2,(H2,19,23)(H,20,25)/t14-,15?/m0/s1. The maximum absolute atomic E-state index is 12.7. The van der Waals surface area contributed by atoms with E-state index in [0.29, 0.717) is 5.56 Å². The zero-order valence-electron chi connectivity index (χ0n) is 13.3. The molecule has 128 valence electrons. The van der Waals surface area contributed by atoms with E-state index in [0.717, 1.165) is 10.5 Å². The van der Waals surface area contributed by atoms with Gasteiger partial charge in [0.15, 0.2) is 0 Å². The van der Waals surface area contributed by atoms with Gasteiger partial charge in [-0.05, 0) is 23.3 Å². The first kappa shape index (κ1) is 16.5. The number of urea groups is 1. The Kier molecular flexibility index (Phi) is 4.38. The van der Waals surface area contributed by atoms with E-state index in [1.165, 1.54) is 12.1 Å². The highest BCUT2D eigenvalue weighted by Gasteiger charge is 2.44. The van der Waals surface area contributed by atoms with Gasteiger partial charge in [-0.25, -0.2) is 9.69 Å². The van der Waals surface area contributed by atoms with Crippen molar-refractivity contribution in [1.82, 2.24) is 10.2 Å². The minimum Gasteiger partial charge on any atom is -0.508 e. The monoisotopic (exact) mass is 339 g/mol. The topological polar surface area (TPSA) is 113 Å². The Labute approximate surface area is 144 Å². The molecule has 1 unspecified atom stereocenters. The van der Waals surface area contributed by atoms with Crippen molar-refractivity contribution in [3.05, 3.63) is 65.7 Å². The second kappa shape index (κ2) is 6.64. The molecule has 2 aromatic rings. The van der Waals surface area contributed by atoms with Gasteiger partial charge in [-0.3, -0.25) is 9.59 Å². The van der Waals surface area contributed by atoms with Gasteiger partial charge in [0.05, 0.1) is 0 Å². The van der Waals surface area contributed by atoms with Gasteiger partial charge in [0, 0.05) is 6.42 Å². The third-order valence-electron chi connectivity index (χ3n) is 4.09. The molecule has 0 saturated carbocycles. The average molecular weight is 339 g/mol. The van der Waals surface area contributed by atoms with Crippen molar-refractivity contribution in [2.45, 2.75) is 18.5 Å². The van der Waals surface area contributed by atoms with E-state index in [1.54, 1.807) is 36.4 Å². The van der Waals surface area contributed by atoms with Crippen molar-refractivity contribution in [1.29, 1.82) is 0 Å². The molecule has 0 spiro atoms. The van der Waals surface area contributed by atoms with Crippen LogP contribution in [0, 0.1) is 0 Å². The fourth-order valence-corrected chi connectivity index (χ4v) is 2.88. The molecular weight excluding hydrogens is 322 g/mol. The predicted octanol–water partition coefficient (Wildman–Crippen LogP) is 1.08. The molecule has 25 heavy (non-hydrogen) atoms. The van der Waals surface area contributed by atoms with E-state index >= 15 is 0 Å². The van der Waals surface area contributed by atoms with Crippen molar-refractivity contribution in [3.8, 4) is 5.75 Å². The molecule has 7 nitrogen and oxygen atoms in total. The van der Waals surface area contributed by atoms with Crippen molar-refractivity contribution in [2.75, 3.05) is 0 Å². The molecule has 0 aromatic heterocycles. The van der Waals surface area contributed by atoms with Crippen molar-refractivity contribution < 1.29 is 19.5 Å². The first-order valence-corrected chi connectivity index (χ1v) is 7.73. The van der Waals surface area contributed by atoms with Crippen LogP contribution in [0.3, 0.4) is 0 Å². The Hall–Kier alpha value is -3.35. The number of hydrogen-bond acceptors (Lipinski definition) is 4. The molecule has 7 heteroatoms. The number of primary amides is 1. The van der Waals surface area contributed by atoms with Crippen LogP contribution < -0.4 is 11.1 Å². The van der Waals surface area contributed by atoms with Gasteiger partial charge in [0.1, 0.15) is 17.8 Å². The summed E-state index contributed by atoms with van der Waals surface area (Å²) in [4.78, 5) is 37.8. The van der Waals surface area contributed by atoms with Crippen LogP contribution in [-0.2, 0) is 16.0 Å². The van der Waals surface area contributed by atoms with Gasteiger partial charge < -0.3 is 16.2 Å². The molecule has 0 aliphatic carbocycles. The van der Waals surface area contributed by atoms with Crippen LogP contribution in [0.1, 0.15) is 17.2 Å². The Morgan fingerprint density at radius 2 is 1.88 bits per heavy atom. The number of carbonyl (C=O) groups excluding carboxylic acids is 3. The second-order valence-electron chi connectivity index (χ2n) is 5.79. The Bertz CT molecular complexity index is 822. The van der Waals surface area contributed by atoms with Gasteiger partial charge in [-0.1, -0.05) is 42.5 Å². The number of benzene rings is 2. The summed E-state index contributed by atoms with van der Waals surface area (Å²) < 4.78 is 0. The molecule has 1 aliphatic heterocycles. The number of amides is 4. The highest BCUT2D eigenvalue weighted by Crippen LogP contribution is 2.26. The summed E-state index contributed by atoms with van der Waals surface area (Å²) >= 11 is 0. The number of nitrogens with zero attached hydrogens (tertiary/aromatic N) is 1. The lowest BCUT2D eigenvalue weighted by molar-refractivity contribution is -0.134. The fourth-order valence-electron chi connectivity index (χ4n) is 2.88. The number of nitrogens with two attached hydrogens (primary N) is 1. The zero-order valence-corrected chi connectivity index (χ0v) is 13.3. The summed E-state index contributed by atoms with van der Waals surface area (Å²) in [5.74, 6) is -1.35. The number of nitrogens with one attached hydrogen (secondary N) is 1. The number of hydrogen-bond donors (Lipinski definition) is 3. The van der Waals surface area contributed by atoms with Crippen LogP contribution in [0.4, 0.5) is 4.79 Å². The van der Waals surface area contributed by atoms with Gasteiger partial charge in [0.2, 0.25) is 5.91 Å². The number of imide groups is 1. The Morgan fingerprint density at radius 1 is 1.16 bits per heavy atom. The van der Waals surface area contributed by atoms with Crippen molar-refractivity contribution >= 4 is 17.8 Å². The van der Waals surface area contributed by atoms with Gasteiger partial charge in [-0.2, -0.15) is 0 Å². The van der Waals surface area contributed by atoms with Crippen LogP contribution in [0.5, 0.6) is 5.75 Å². The maximum atomic E-state index is 12.7. The van der Waals surface area contributed by atoms with Gasteiger partial charge in [-0.15, -0.1) is 0 Å². The molecule has 2 atom stereocenters. The van der Waals surface area contributed by atoms with Crippen LogP contribution >= 0.6 is 0 Å². The third kappa shape index (κ3) is 3.30. The molecule has 2 aromatic carbocycles. The number of rotatable bonds is 5. The molecule has 3 rings (SSSR count). The van der Waals surface area contributed by atoms with Crippen molar-refractivity contribution in [3.63, 3.8) is 0 Å². The molecular formula is C18H17N3O4. The largest absolute Gasteiger partial charge is 0.508 e. The number of aromatic hydroxyl groups is 1. The fraction of sp³-hybridized carbons (Fsp3) is 0.167. The normalized spacial score (nSPS) is 18.1. The molecule has 1 heterocycles. The summed E-state index contributed by atoms with van der Waals surface area (Å²) in [5.41, 5.74) is 6.66. The van der Waals surface area contributed by atoms with Crippen LogP contribution in [0.2, 0.25) is 0 Å². The van der Waals surface area contributed by atoms with Gasteiger partial charge in [0.25, 0.3) is 5.91 Å². The lowest BCUT2D eigenvalue weighted by Gasteiger charge is -2.22. The van der Waals surface area contributed by atoms with E-state index in [-0.39, 0.29) is 12.2 Å². The second-order valence-corrected chi connectivity index (χ2v) is 5.79. The molecule has 1 fully saturated rings. The first-order chi connectivity index (χ1) is 12.0. The van der Waals surface area contributed by atoms with Gasteiger partial charge >= 0.3 is 6.03 Å². The van der Waals surface area contributed by atoms with Crippen molar-refractivity contribution in [2.24, 2.45) is 5.73 Å². The lowest BCUT2D eigenvalue weighted by Crippen LogP contribution is -2.49. The summed E-state index contributed by atoms with van der Waals surface area (Å²) in [5, 5.41) is 12.1. The number of carbonyl (C=O) groups is 3. The quantitative estimate of drug-likeness (QED) is 0.708. The lowest BCUT2D eigenvalue weighted by atomic mass is 10.0. The van der Waals surface area contributed by atoms with Crippen LogP contribution in [0.15, 0.2) is 54.6 Å². The van der Waals surface area contributed by atoms with E-state index in [4.69, 9.17) is 5.73 Å². The molecule has 1 saturated heterocycles. The molecule has 4 amide bonds. The first-order valence-electron chi connectivity index (χ1n) is 7.73. The number of phenols is 1. The van der Waals surface area contributed by atoms with Crippen LogP contribution in [0.25, 0.3) is 0 Å². The minimum atomic E-state index is -1.09. The maximum Gasteiger partial charge on any atom is 0.325 e. The summed E-state index contributed by atoms with van der Waals surface area (Å²) in [6.07, 6.45) is 0.141. The van der Waals surface area contributed by atoms with E-state index in [1.807, 2.05) is 6.07 Å². The molecule has 4 N–H and O–H groups in total. The SMILES string of the molecule is NC(=O)[C@H](Cc1ccccc1)N1C(=O)NC(c2cccc(O)c2)C1=O. The highest BCUT2D eigenvalue weighted by molar-refractivity contribution is 6.07. The summed E-state index contributed by atoms with van der Waals surface area (Å²) in [6.45, 7) is 0. The number of phenolic OH excluding ortho intramolecular Hbond substituents is 1. The minimum absolute atomic E-state index is 0.0197. The predicted molar refractivity (Wildman–Crippen MR) is 89.4 cm³/mol. The molecule has 0 bridgehead atoms. The Balaban J connectivity index is 1.88. The molecule has 0 radical (unpaired) electrons. The summed E-state index contributed by atoms with van der Waals surface area (Å²) in [7, 11) is 0. The Morgan fingerprint density at radius 3 is 2.52 bits per heavy atom.